The number of nitrogens with two attached hydrogens (primary N) is 1. The van der Waals surface area contributed by atoms with Crippen LogP contribution in [0.25, 0.3) is 0 Å². The van der Waals surface area contributed by atoms with Crippen molar-refractivity contribution in [2.24, 2.45) is 5.73 Å². The van der Waals surface area contributed by atoms with Gasteiger partial charge in [-0.3, -0.25) is 9.88 Å². The van der Waals surface area contributed by atoms with Gasteiger partial charge in [0.1, 0.15) is 24.1 Å². The summed E-state index contributed by atoms with van der Waals surface area (Å²) in [6.07, 6.45) is -3.65. The minimum absolute atomic E-state index is 0.0505. The van der Waals surface area contributed by atoms with E-state index in [4.69, 9.17) is 15.6 Å². The molecule has 0 spiro atoms. The van der Waals surface area contributed by atoms with Crippen LogP contribution in [0.4, 0.5) is 10.6 Å². The standard InChI is InChI=1S/C10H14N4O6/c11-9(18)12-5-1-2-14(10(19)13-5)8-7(17)6(16)4(3-15)20-8/h1-2,4,6-8,15-17H,3H2,(H3,11,12,13,18,19)/t4-,6?,7?,8-/m1/s1. The number of urea groups is 1. The van der Waals surface area contributed by atoms with Crippen LogP contribution in [-0.4, -0.2) is 55.8 Å². The van der Waals surface area contributed by atoms with E-state index in [9.17, 15) is 19.8 Å². The minimum atomic E-state index is -1.39. The summed E-state index contributed by atoms with van der Waals surface area (Å²) in [5.74, 6) is -0.0505. The molecule has 0 bridgehead atoms. The second-order valence-corrected chi connectivity index (χ2v) is 4.22. The monoisotopic (exact) mass is 286 g/mol. The molecule has 2 heterocycles. The van der Waals surface area contributed by atoms with Crippen LogP contribution in [0.3, 0.4) is 0 Å². The Labute approximate surface area is 112 Å². The Morgan fingerprint density at radius 3 is 2.70 bits per heavy atom. The van der Waals surface area contributed by atoms with E-state index in [1.807, 2.05) is 0 Å². The Hall–Kier alpha value is -2.01. The third-order valence-corrected chi connectivity index (χ3v) is 2.87. The molecule has 1 aromatic heterocycles. The summed E-state index contributed by atoms with van der Waals surface area (Å²) in [7, 11) is 0. The molecule has 1 aliphatic heterocycles. The Morgan fingerprint density at radius 1 is 1.50 bits per heavy atom. The van der Waals surface area contributed by atoms with Crippen molar-refractivity contribution in [3.63, 3.8) is 0 Å². The number of carbonyl (C=O) groups is 1. The maximum Gasteiger partial charge on any atom is 0.351 e. The third-order valence-electron chi connectivity index (χ3n) is 2.87. The number of carbonyl (C=O) groups excluding carboxylic acids is 1. The molecule has 1 aromatic rings. The van der Waals surface area contributed by atoms with Crippen LogP contribution in [0.1, 0.15) is 6.23 Å². The van der Waals surface area contributed by atoms with E-state index in [2.05, 4.69) is 10.3 Å². The molecule has 0 aliphatic carbocycles. The summed E-state index contributed by atoms with van der Waals surface area (Å²) >= 11 is 0. The second kappa shape index (κ2) is 5.54. The molecule has 2 rings (SSSR count). The zero-order valence-electron chi connectivity index (χ0n) is 10.2. The Kier molecular flexibility index (Phi) is 3.99. The van der Waals surface area contributed by atoms with E-state index in [1.165, 1.54) is 12.3 Å². The molecule has 20 heavy (non-hydrogen) atoms. The zero-order valence-corrected chi connectivity index (χ0v) is 10.2. The van der Waals surface area contributed by atoms with Crippen molar-refractivity contribution < 1.29 is 24.9 Å². The number of aromatic nitrogens is 2. The van der Waals surface area contributed by atoms with Gasteiger partial charge in [-0.1, -0.05) is 0 Å². The zero-order chi connectivity index (χ0) is 14.9. The summed E-state index contributed by atoms with van der Waals surface area (Å²) in [6, 6.07) is 0.406. The fraction of sp³-hybridized carbons (Fsp3) is 0.500. The number of anilines is 1. The number of nitrogens with one attached hydrogen (secondary N) is 1. The van der Waals surface area contributed by atoms with E-state index in [1.54, 1.807) is 0 Å². The molecule has 2 amide bonds. The van der Waals surface area contributed by atoms with Crippen LogP contribution in [0.2, 0.25) is 0 Å². The number of nitrogens with zero attached hydrogens (tertiary/aromatic N) is 2. The number of primary amides is 1. The maximum atomic E-state index is 11.8. The molecule has 10 heteroatoms. The molecule has 4 atom stereocenters. The van der Waals surface area contributed by atoms with Crippen molar-refractivity contribution in [3.05, 3.63) is 22.7 Å². The van der Waals surface area contributed by atoms with Crippen LogP contribution < -0.4 is 16.7 Å². The van der Waals surface area contributed by atoms with Gasteiger partial charge in [0.15, 0.2) is 6.23 Å². The number of aliphatic hydroxyl groups excluding tert-OH is 3. The lowest BCUT2D eigenvalue weighted by atomic mass is 10.1. The topological polar surface area (TPSA) is 160 Å². The number of hydrogen-bond acceptors (Lipinski definition) is 7. The van der Waals surface area contributed by atoms with Gasteiger partial charge in [-0.2, -0.15) is 4.98 Å². The van der Waals surface area contributed by atoms with Gasteiger partial charge in [-0.15, -0.1) is 0 Å². The summed E-state index contributed by atoms with van der Waals surface area (Å²) in [5.41, 5.74) is 4.07. The van der Waals surface area contributed by atoms with Gasteiger partial charge in [-0.25, -0.2) is 9.59 Å². The predicted octanol–water partition coefficient (Wildman–Crippen LogP) is -2.65. The van der Waals surface area contributed by atoms with E-state index in [0.29, 0.717) is 0 Å². The van der Waals surface area contributed by atoms with Gasteiger partial charge in [-0.05, 0) is 6.07 Å². The van der Waals surface area contributed by atoms with Crippen molar-refractivity contribution >= 4 is 11.8 Å². The number of ether oxygens (including phenoxy) is 1. The smallest absolute Gasteiger partial charge is 0.351 e. The molecule has 1 saturated heterocycles. The highest BCUT2D eigenvalue weighted by Gasteiger charge is 2.43. The third kappa shape index (κ3) is 2.63. The van der Waals surface area contributed by atoms with E-state index < -0.39 is 42.9 Å². The largest absolute Gasteiger partial charge is 0.394 e. The van der Waals surface area contributed by atoms with Gasteiger partial charge in [0, 0.05) is 6.20 Å². The van der Waals surface area contributed by atoms with Gasteiger partial charge < -0.3 is 25.8 Å². The van der Waals surface area contributed by atoms with E-state index in [-0.39, 0.29) is 5.82 Å². The van der Waals surface area contributed by atoms with Crippen LogP contribution in [-0.2, 0) is 4.74 Å². The predicted molar refractivity (Wildman–Crippen MR) is 64.7 cm³/mol. The molecular formula is C10H14N4O6. The first kappa shape index (κ1) is 14.4. The fourth-order valence-electron chi connectivity index (χ4n) is 1.91. The minimum Gasteiger partial charge on any atom is -0.394 e. The first-order valence-electron chi connectivity index (χ1n) is 5.72. The van der Waals surface area contributed by atoms with Crippen LogP contribution in [0.15, 0.2) is 17.1 Å². The van der Waals surface area contributed by atoms with Crippen molar-refractivity contribution in [2.75, 3.05) is 11.9 Å². The number of amides is 2. The number of hydrogen-bond donors (Lipinski definition) is 5. The molecule has 10 nitrogen and oxygen atoms in total. The summed E-state index contributed by atoms with van der Waals surface area (Å²) < 4.78 is 6.12. The SMILES string of the molecule is NC(=O)Nc1ccn([C@@H]2O[C@H](CO)C(O)C2O)c(=O)n1. The molecule has 0 aromatic carbocycles. The first-order valence-corrected chi connectivity index (χ1v) is 5.72. The summed E-state index contributed by atoms with van der Waals surface area (Å²) in [4.78, 5) is 25.9. The molecule has 2 unspecified atom stereocenters. The first-order chi connectivity index (χ1) is 9.43. The molecule has 1 fully saturated rings. The average molecular weight is 286 g/mol. The Bertz CT molecular complexity index is 561. The molecular weight excluding hydrogens is 272 g/mol. The highest BCUT2D eigenvalue weighted by atomic mass is 16.6. The average Bonchev–Trinajstić information content (AvgIpc) is 2.66. The maximum absolute atomic E-state index is 11.8. The van der Waals surface area contributed by atoms with Gasteiger partial charge >= 0.3 is 11.7 Å². The highest BCUT2D eigenvalue weighted by molar-refractivity contribution is 5.86. The van der Waals surface area contributed by atoms with Gasteiger partial charge in [0.25, 0.3) is 0 Å². The number of rotatable bonds is 3. The summed E-state index contributed by atoms with van der Waals surface area (Å²) in [6.45, 7) is -0.502. The van der Waals surface area contributed by atoms with Crippen molar-refractivity contribution in [3.8, 4) is 0 Å². The van der Waals surface area contributed by atoms with Crippen molar-refractivity contribution in [2.45, 2.75) is 24.5 Å². The van der Waals surface area contributed by atoms with Crippen LogP contribution >= 0.6 is 0 Å². The lowest BCUT2D eigenvalue weighted by Crippen LogP contribution is -2.36. The summed E-state index contributed by atoms with van der Waals surface area (Å²) in [5, 5.41) is 30.5. The van der Waals surface area contributed by atoms with Crippen LogP contribution in [0.5, 0.6) is 0 Å². The van der Waals surface area contributed by atoms with Crippen molar-refractivity contribution in [1.29, 1.82) is 0 Å². The molecule has 6 N–H and O–H groups in total. The van der Waals surface area contributed by atoms with Gasteiger partial charge in [0.2, 0.25) is 0 Å². The van der Waals surface area contributed by atoms with Crippen molar-refractivity contribution in [1.82, 2.24) is 9.55 Å². The Morgan fingerprint density at radius 2 is 2.20 bits per heavy atom. The fourth-order valence-corrected chi connectivity index (χ4v) is 1.91. The second-order valence-electron chi connectivity index (χ2n) is 4.22. The highest BCUT2D eigenvalue weighted by Crippen LogP contribution is 2.27. The molecule has 1 aliphatic rings. The molecule has 0 radical (unpaired) electrons. The number of aliphatic hydroxyl groups is 3. The van der Waals surface area contributed by atoms with E-state index in [0.717, 1.165) is 4.57 Å². The van der Waals surface area contributed by atoms with E-state index >= 15 is 0 Å². The Balaban J connectivity index is 2.26. The molecule has 0 saturated carbocycles. The normalized spacial score (nSPS) is 29.4. The molecule has 110 valence electrons. The lowest BCUT2D eigenvalue weighted by molar-refractivity contribution is -0.0549. The van der Waals surface area contributed by atoms with Crippen LogP contribution in [0, 0.1) is 0 Å². The quantitative estimate of drug-likeness (QED) is 0.405. The van der Waals surface area contributed by atoms with Gasteiger partial charge in [0.05, 0.1) is 6.61 Å². The lowest BCUT2D eigenvalue weighted by Gasteiger charge is -2.17.